The average molecular weight is 375 g/mol. The summed E-state index contributed by atoms with van der Waals surface area (Å²) in [5.41, 5.74) is 3.00. The third-order valence-corrected chi connectivity index (χ3v) is 6.55. The van der Waals surface area contributed by atoms with Gasteiger partial charge in [0.1, 0.15) is 4.34 Å². The Bertz CT molecular complexity index is 794. The van der Waals surface area contributed by atoms with Gasteiger partial charge in [-0.25, -0.2) is 4.98 Å². The summed E-state index contributed by atoms with van der Waals surface area (Å²) < 4.78 is 1.09. The van der Waals surface area contributed by atoms with Crippen molar-refractivity contribution >= 4 is 40.3 Å². The van der Waals surface area contributed by atoms with Gasteiger partial charge in [0, 0.05) is 34.3 Å². The number of nitrogens with zero attached hydrogens (tertiary/aromatic N) is 2. The Labute approximate surface area is 154 Å². The van der Waals surface area contributed by atoms with Crippen LogP contribution in [0.25, 0.3) is 0 Å². The number of hydrogen-bond donors (Lipinski definition) is 0. The monoisotopic (exact) mass is 374 g/mol. The number of rotatable bonds is 6. The van der Waals surface area contributed by atoms with Crippen molar-refractivity contribution in [3.8, 4) is 0 Å². The SMILES string of the molecule is Cc1csc(SCc2ccc(C(=O)N(C)Cc3cccs3)cc2)n1. The molecule has 124 valence electrons. The molecule has 0 spiro atoms. The number of thiazole rings is 1. The van der Waals surface area contributed by atoms with E-state index in [1.807, 2.05) is 49.7 Å². The zero-order valence-corrected chi connectivity index (χ0v) is 16.0. The standard InChI is InChI=1S/C18H18N2OS3/c1-13-11-23-18(19-13)24-12-14-5-7-15(8-6-14)17(21)20(2)10-16-4-3-9-22-16/h3-9,11H,10,12H2,1-2H3. The Hall–Kier alpha value is -1.63. The first kappa shape index (κ1) is 17.2. The predicted molar refractivity (Wildman–Crippen MR) is 103 cm³/mol. The van der Waals surface area contributed by atoms with Crippen molar-refractivity contribution in [2.75, 3.05) is 7.05 Å². The number of aromatic nitrogens is 1. The van der Waals surface area contributed by atoms with Crippen LogP contribution in [0, 0.1) is 6.92 Å². The highest BCUT2D eigenvalue weighted by molar-refractivity contribution is 8.00. The van der Waals surface area contributed by atoms with Crippen LogP contribution in [0.2, 0.25) is 0 Å². The molecule has 0 aliphatic rings. The van der Waals surface area contributed by atoms with Crippen molar-refractivity contribution in [3.63, 3.8) is 0 Å². The number of aryl methyl sites for hydroxylation is 1. The zero-order chi connectivity index (χ0) is 16.9. The van der Waals surface area contributed by atoms with Crippen LogP contribution in [0.3, 0.4) is 0 Å². The summed E-state index contributed by atoms with van der Waals surface area (Å²) in [5, 5.41) is 4.09. The van der Waals surface area contributed by atoms with Gasteiger partial charge in [-0.3, -0.25) is 4.79 Å². The first-order chi connectivity index (χ1) is 11.6. The van der Waals surface area contributed by atoms with E-state index in [0.29, 0.717) is 6.54 Å². The van der Waals surface area contributed by atoms with Gasteiger partial charge in [-0.05, 0) is 36.1 Å². The minimum Gasteiger partial charge on any atom is -0.337 e. The van der Waals surface area contributed by atoms with Gasteiger partial charge in [-0.1, -0.05) is 30.0 Å². The molecule has 3 nitrogen and oxygen atoms in total. The van der Waals surface area contributed by atoms with Gasteiger partial charge in [-0.15, -0.1) is 22.7 Å². The van der Waals surface area contributed by atoms with E-state index in [1.165, 1.54) is 10.4 Å². The van der Waals surface area contributed by atoms with Gasteiger partial charge < -0.3 is 4.90 Å². The van der Waals surface area contributed by atoms with E-state index in [9.17, 15) is 4.79 Å². The van der Waals surface area contributed by atoms with Gasteiger partial charge >= 0.3 is 0 Å². The van der Waals surface area contributed by atoms with E-state index >= 15 is 0 Å². The van der Waals surface area contributed by atoms with Gasteiger partial charge in [0.25, 0.3) is 5.91 Å². The average Bonchev–Trinajstić information content (AvgIpc) is 3.24. The van der Waals surface area contributed by atoms with Gasteiger partial charge in [0.2, 0.25) is 0 Å². The van der Waals surface area contributed by atoms with Crippen LogP contribution in [-0.4, -0.2) is 22.8 Å². The van der Waals surface area contributed by atoms with Crippen molar-refractivity contribution < 1.29 is 4.79 Å². The topological polar surface area (TPSA) is 33.2 Å². The minimum atomic E-state index is 0.0538. The molecule has 0 fully saturated rings. The molecule has 0 aliphatic heterocycles. The Morgan fingerprint density at radius 3 is 2.62 bits per heavy atom. The number of benzene rings is 1. The van der Waals surface area contributed by atoms with Crippen molar-refractivity contribution in [3.05, 3.63) is 68.9 Å². The van der Waals surface area contributed by atoms with Crippen molar-refractivity contribution in [1.82, 2.24) is 9.88 Å². The van der Waals surface area contributed by atoms with Crippen LogP contribution >= 0.6 is 34.4 Å². The molecular weight excluding hydrogens is 356 g/mol. The Kier molecular flexibility index (Phi) is 5.71. The summed E-state index contributed by atoms with van der Waals surface area (Å²) in [7, 11) is 1.84. The van der Waals surface area contributed by atoms with Crippen molar-refractivity contribution in [1.29, 1.82) is 0 Å². The summed E-state index contributed by atoms with van der Waals surface area (Å²) in [6.45, 7) is 2.66. The minimum absolute atomic E-state index is 0.0538. The second kappa shape index (κ2) is 7.96. The molecule has 3 aromatic rings. The van der Waals surface area contributed by atoms with E-state index in [4.69, 9.17) is 0 Å². The smallest absolute Gasteiger partial charge is 0.253 e. The van der Waals surface area contributed by atoms with Crippen LogP contribution in [0.5, 0.6) is 0 Å². The predicted octanol–water partition coefficient (Wildman–Crippen LogP) is 5.08. The number of carbonyl (C=O) groups is 1. The van der Waals surface area contributed by atoms with Crippen molar-refractivity contribution in [2.24, 2.45) is 0 Å². The van der Waals surface area contributed by atoms with E-state index in [-0.39, 0.29) is 5.91 Å². The van der Waals surface area contributed by atoms with Gasteiger partial charge in [0.15, 0.2) is 0 Å². The quantitative estimate of drug-likeness (QED) is 0.564. The molecule has 6 heteroatoms. The van der Waals surface area contributed by atoms with Gasteiger partial charge in [-0.2, -0.15) is 0 Å². The van der Waals surface area contributed by atoms with E-state index in [1.54, 1.807) is 39.3 Å². The second-order valence-electron chi connectivity index (χ2n) is 5.48. The highest BCUT2D eigenvalue weighted by atomic mass is 32.2. The van der Waals surface area contributed by atoms with Gasteiger partial charge in [0.05, 0.1) is 6.54 Å². The van der Waals surface area contributed by atoms with Crippen LogP contribution < -0.4 is 0 Å². The van der Waals surface area contributed by atoms with Crippen LogP contribution in [0.15, 0.2) is 51.5 Å². The Morgan fingerprint density at radius 1 is 1.21 bits per heavy atom. The molecule has 0 aliphatic carbocycles. The maximum absolute atomic E-state index is 12.5. The first-order valence-electron chi connectivity index (χ1n) is 7.53. The molecule has 0 N–H and O–H groups in total. The molecule has 0 unspecified atom stereocenters. The number of hydrogen-bond acceptors (Lipinski definition) is 5. The summed E-state index contributed by atoms with van der Waals surface area (Å²) in [6.07, 6.45) is 0. The molecule has 0 radical (unpaired) electrons. The lowest BCUT2D eigenvalue weighted by molar-refractivity contribution is 0.0786. The lowest BCUT2D eigenvalue weighted by Gasteiger charge is -2.16. The fraction of sp³-hybridized carbons (Fsp3) is 0.222. The molecular formula is C18H18N2OS3. The normalized spacial score (nSPS) is 10.8. The fourth-order valence-corrected chi connectivity index (χ4v) is 4.78. The molecule has 1 amide bonds. The summed E-state index contributed by atoms with van der Waals surface area (Å²) >= 11 is 5.08. The number of carbonyl (C=O) groups excluding carboxylic acids is 1. The first-order valence-corrected chi connectivity index (χ1v) is 10.3. The van der Waals surface area contributed by atoms with Crippen molar-refractivity contribution in [2.45, 2.75) is 23.6 Å². The molecule has 2 heterocycles. The molecule has 0 atom stereocenters. The molecule has 2 aromatic heterocycles. The summed E-state index contributed by atoms with van der Waals surface area (Å²) in [4.78, 5) is 19.9. The molecule has 0 saturated carbocycles. The number of thioether (sulfide) groups is 1. The molecule has 0 bridgehead atoms. The molecule has 24 heavy (non-hydrogen) atoms. The van der Waals surface area contributed by atoms with E-state index < -0.39 is 0 Å². The van der Waals surface area contributed by atoms with Crippen LogP contribution in [0.4, 0.5) is 0 Å². The molecule has 1 aromatic carbocycles. The zero-order valence-electron chi connectivity index (χ0n) is 13.6. The molecule has 0 saturated heterocycles. The van der Waals surface area contributed by atoms with E-state index in [0.717, 1.165) is 21.3 Å². The number of amides is 1. The highest BCUT2D eigenvalue weighted by Crippen LogP contribution is 2.26. The Morgan fingerprint density at radius 2 is 2.00 bits per heavy atom. The summed E-state index contributed by atoms with van der Waals surface area (Å²) in [6, 6.07) is 11.9. The summed E-state index contributed by atoms with van der Waals surface area (Å²) in [5.74, 6) is 0.921. The fourth-order valence-electron chi connectivity index (χ4n) is 2.22. The van der Waals surface area contributed by atoms with Crippen LogP contribution in [-0.2, 0) is 12.3 Å². The maximum Gasteiger partial charge on any atom is 0.253 e. The number of thiophene rings is 1. The maximum atomic E-state index is 12.5. The second-order valence-corrected chi connectivity index (χ2v) is 8.59. The third kappa shape index (κ3) is 4.47. The lowest BCUT2D eigenvalue weighted by Crippen LogP contribution is -2.25. The van der Waals surface area contributed by atoms with E-state index in [2.05, 4.69) is 16.4 Å². The Balaban J connectivity index is 1.58. The third-order valence-electron chi connectivity index (χ3n) is 3.48. The van der Waals surface area contributed by atoms with Crippen LogP contribution in [0.1, 0.15) is 26.5 Å². The molecule has 3 rings (SSSR count). The largest absolute Gasteiger partial charge is 0.337 e. The highest BCUT2D eigenvalue weighted by Gasteiger charge is 2.12. The lowest BCUT2D eigenvalue weighted by atomic mass is 10.1.